The van der Waals surface area contributed by atoms with E-state index in [9.17, 15) is 4.79 Å². The number of aryl methyl sites for hydroxylation is 2. The molecule has 0 aliphatic carbocycles. The summed E-state index contributed by atoms with van der Waals surface area (Å²) in [6.45, 7) is 5.06. The van der Waals surface area contributed by atoms with Gasteiger partial charge in [0.05, 0.1) is 5.75 Å². The number of unbranched alkanes of at least 4 members (excludes halogenated alkanes) is 2. The quantitative estimate of drug-likeness (QED) is 0.569. The molecule has 1 aromatic carbocycles. The third-order valence-electron chi connectivity index (χ3n) is 2.86. The highest BCUT2D eigenvalue weighted by Crippen LogP contribution is 2.23. The Hall–Kier alpha value is -1.00. The summed E-state index contributed by atoms with van der Waals surface area (Å²) < 4.78 is 0. The minimum atomic E-state index is 0.0786. The molecule has 2 N–H and O–H groups in total. The first-order chi connectivity index (χ1) is 9.13. The molecule has 0 saturated heterocycles. The first kappa shape index (κ1) is 16.1. The number of rotatable bonds is 8. The average molecular weight is 281 g/mol. The molecule has 4 heteroatoms. The van der Waals surface area contributed by atoms with Gasteiger partial charge in [-0.1, -0.05) is 17.7 Å². The van der Waals surface area contributed by atoms with Gasteiger partial charge in [0.15, 0.2) is 0 Å². The molecule has 0 radical (unpaired) electrons. The number of hydrogen-bond donors (Lipinski definition) is 2. The van der Waals surface area contributed by atoms with Crippen LogP contribution in [0.5, 0.6) is 0 Å². The predicted octanol–water partition coefficient (Wildman–Crippen LogP) is 2.67. The largest absolute Gasteiger partial charge is 0.396 e. The van der Waals surface area contributed by atoms with Gasteiger partial charge in [0.25, 0.3) is 0 Å². The van der Waals surface area contributed by atoms with E-state index in [1.165, 1.54) is 16.0 Å². The van der Waals surface area contributed by atoms with Gasteiger partial charge in [-0.2, -0.15) is 0 Å². The highest BCUT2D eigenvalue weighted by atomic mass is 32.2. The van der Waals surface area contributed by atoms with Crippen molar-refractivity contribution in [2.75, 3.05) is 18.9 Å². The van der Waals surface area contributed by atoms with Crippen molar-refractivity contribution in [1.29, 1.82) is 0 Å². The lowest BCUT2D eigenvalue weighted by atomic mass is 10.2. The van der Waals surface area contributed by atoms with E-state index in [-0.39, 0.29) is 12.5 Å². The van der Waals surface area contributed by atoms with Crippen molar-refractivity contribution in [2.45, 2.75) is 38.0 Å². The number of thioether (sulfide) groups is 1. The Morgan fingerprint density at radius 2 is 2.05 bits per heavy atom. The summed E-state index contributed by atoms with van der Waals surface area (Å²) in [5, 5.41) is 11.5. The van der Waals surface area contributed by atoms with Crippen LogP contribution in [0.15, 0.2) is 23.1 Å². The molecule has 1 aromatic rings. The van der Waals surface area contributed by atoms with Gasteiger partial charge in [0.2, 0.25) is 5.91 Å². The zero-order chi connectivity index (χ0) is 14.1. The molecule has 0 aliphatic heterocycles. The zero-order valence-electron chi connectivity index (χ0n) is 11.7. The number of amides is 1. The second-order valence-electron chi connectivity index (χ2n) is 4.69. The SMILES string of the molecule is Cc1ccc(C)c(SCC(=O)NCCCCCO)c1. The van der Waals surface area contributed by atoms with Crippen molar-refractivity contribution in [1.82, 2.24) is 5.32 Å². The van der Waals surface area contributed by atoms with Crippen LogP contribution in [-0.2, 0) is 4.79 Å². The van der Waals surface area contributed by atoms with Crippen molar-refractivity contribution in [3.63, 3.8) is 0 Å². The fourth-order valence-electron chi connectivity index (χ4n) is 1.70. The highest BCUT2D eigenvalue weighted by molar-refractivity contribution is 8.00. The topological polar surface area (TPSA) is 49.3 Å². The maximum absolute atomic E-state index is 11.7. The summed E-state index contributed by atoms with van der Waals surface area (Å²) in [6.07, 6.45) is 2.70. The predicted molar refractivity (Wildman–Crippen MR) is 80.6 cm³/mol. The Labute approximate surface area is 119 Å². The average Bonchev–Trinajstić information content (AvgIpc) is 2.39. The Balaban J connectivity index is 2.24. The van der Waals surface area contributed by atoms with Crippen LogP contribution < -0.4 is 5.32 Å². The second-order valence-corrected chi connectivity index (χ2v) is 5.71. The second kappa shape index (κ2) is 8.99. The van der Waals surface area contributed by atoms with Gasteiger partial charge in [0, 0.05) is 18.0 Å². The number of nitrogens with one attached hydrogen (secondary N) is 1. The van der Waals surface area contributed by atoms with E-state index in [2.05, 4.69) is 37.4 Å². The van der Waals surface area contributed by atoms with Crippen molar-refractivity contribution in [3.05, 3.63) is 29.3 Å². The molecule has 0 spiro atoms. The molecule has 0 atom stereocenters. The van der Waals surface area contributed by atoms with Gasteiger partial charge >= 0.3 is 0 Å². The van der Waals surface area contributed by atoms with Gasteiger partial charge in [-0.3, -0.25) is 4.79 Å². The van der Waals surface area contributed by atoms with Crippen molar-refractivity contribution in [3.8, 4) is 0 Å². The molecular formula is C15H23NO2S. The minimum absolute atomic E-state index is 0.0786. The Kier molecular flexibility index (Phi) is 7.60. The minimum Gasteiger partial charge on any atom is -0.396 e. The van der Waals surface area contributed by atoms with Crippen LogP contribution in [-0.4, -0.2) is 29.9 Å². The maximum Gasteiger partial charge on any atom is 0.230 e. The van der Waals surface area contributed by atoms with E-state index in [1.807, 2.05) is 0 Å². The van der Waals surface area contributed by atoms with Crippen LogP contribution in [0.2, 0.25) is 0 Å². The number of hydrogen-bond acceptors (Lipinski definition) is 3. The normalized spacial score (nSPS) is 10.5. The molecule has 0 fully saturated rings. The van der Waals surface area contributed by atoms with Gasteiger partial charge < -0.3 is 10.4 Å². The molecule has 0 aliphatic rings. The molecule has 0 bridgehead atoms. The number of carbonyl (C=O) groups excluding carboxylic acids is 1. The molecule has 3 nitrogen and oxygen atoms in total. The van der Waals surface area contributed by atoms with Gasteiger partial charge in [-0.15, -0.1) is 11.8 Å². The molecule has 0 heterocycles. The zero-order valence-corrected chi connectivity index (χ0v) is 12.6. The highest BCUT2D eigenvalue weighted by Gasteiger charge is 2.04. The molecule has 0 aromatic heterocycles. The molecule has 1 amide bonds. The first-order valence-corrected chi connectivity index (χ1v) is 7.69. The Morgan fingerprint density at radius 3 is 2.79 bits per heavy atom. The molecular weight excluding hydrogens is 258 g/mol. The number of aliphatic hydroxyl groups excluding tert-OH is 1. The van der Waals surface area contributed by atoms with Crippen LogP contribution in [0.25, 0.3) is 0 Å². The molecule has 106 valence electrons. The number of benzene rings is 1. The van der Waals surface area contributed by atoms with Gasteiger partial charge in [-0.05, 0) is 44.7 Å². The summed E-state index contributed by atoms with van der Waals surface area (Å²) in [6, 6.07) is 6.29. The van der Waals surface area contributed by atoms with E-state index >= 15 is 0 Å². The summed E-state index contributed by atoms with van der Waals surface area (Å²) in [5.74, 6) is 0.541. The van der Waals surface area contributed by atoms with E-state index in [4.69, 9.17) is 5.11 Å². The monoisotopic (exact) mass is 281 g/mol. The molecule has 1 rings (SSSR count). The van der Waals surface area contributed by atoms with Gasteiger partial charge in [0.1, 0.15) is 0 Å². The maximum atomic E-state index is 11.7. The number of aliphatic hydroxyl groups is 1. The number of carbonyl (C=O) groups is 1. The third-order valence-corrected chi connectivity index (χ3v) is 4.02. The lowest BCUT2D eigenvalue weighted by Gasteiger charge is -2.07. The van der Waals surface area contributed by atoms with Crippen molar-refractivity contribution in [2.24, 2.45) is 0 Å². The standard InChI is InChI=1S/C15H23NO2S/c1-12-6-7-13(2)14(10-12)19-11-15(18)16-8-4-3-5-9-17/h6-7,10,17H,3-5,8-9,11H2,1-2H3,(H,16,18). The summed E-state index contributed by atoms with van der Waals surface area (Å²) >= 11 is 1.59. The van der Waals surface area contributed by atoms with Crippen LogP contribution >= 0.6 is 11.8 Å². The first-order valence-electron chi connectivity index (χ1n) is 6.71. The van der Waals surface area contributed by atoms with Crippen LogP contribution in [0.3, 0.4) is 0 Å². The van der Waals surface area contributed by atoms with E-state index in [1.54, 1.807) is 11.8 Å². The fourth-order valence-corrected chi connectivity index (χ4v) is 2.65. The summed E-state index contributed by atoms with van der Waals surface area (Å²) in [5.41, 5.74) is 2.43. The lowest BCUT2D eigenvalue weighted by Crippen LogP contribution is -2.26. The van der Waals surface area contributed by atoms with Crippen LogP contribution in [0.1, 0.15) is 30.4 Å². The van der Waals surface area contributed by atoms with Crippen molar-refractivity contribution >= 4 is 17.7 Å². The Bertz CT molecular complexity index is 407. The van der Waals surface area contributed by atoms with Crippen LogP contribution in [0.4, 0.5) is 0 Å². The summed E-state index contributed by atoms with van der Waals surface area (Å²) in [4.78, 5) is 12.8. The molecule has 19 heavy (non-hydrogen) atoms. The van der Waals surface area contributed by atoms with E-state index in [0.717, 1.165) is 19.3 Å². The van der Waals surface area contributed by atoms with Crippen molar-refractivity contribution < 1.29 is 9.90 Å². The van der Waals surface area contributed by atoms with Gasteiger partial charge in [-0.25, -0.2) is 0 Å². The van der Waals surface area contributed by atoms with E-state index in [0.29, 0.717) is 12.3 Å². The summed E-state index contributed by atoms with van der Waals surface area (Å²) in [7, 11) is 0. The smallest absolute Gasteiger partial charge is 0.230 e. The van der Waals surface area contributed by atoms with E-state index < -0.39 is 0 Å². The Morgan fingerprint density at radius 1 is 1.26 bits per heavy atom. The third kappa shape index (κ3) is 6.64. The fraction of sp³-hybridized carbons (Fsp3) is 0.533. The van der Waals surface area contributed by atoms with Crippen LogP contribution in [0, 0.1) is 13.8 Å². The lowest BCUT2D eigenvalue weighted by molar-refractivity contribution is -0.118. The molecule has 0 saturated carbocycles. The molecule has 0 unspecified atom stereocenters.